The lowest BCUT2D eigenvalue weighted by atomic mass is 10.1. The van der Waals surface area contributed by atoms with Gasteiger partial charge in [-0.05, 0) is 26.4 Å². The topological polar surface area (TPSA) is 74.8 Å². The number of hydrogen-bond donors (Lipinski definition) is 0. The molecule has 2 saturated heterocycles. The number of imidazole rings is 1. The second kappa shape index (κ2) is 8.16. The second-order valence-electron chi connectivity index (χ2n) is 8.37. The third-order valence-corrected chi connectivity index (χ3v) is 6.29. The van der Waals surface area contributed by atoms with E-state index in [1.54, 1.807) is 23.1 Å². The molecule has 0 amide bonds. The van der Waals surface area contributed by atoms with E-state index in [0.29, 0.717) is 0 Å². The Kier molecular flexibility index (Phi) is 5.22. The maximum Gasteiger partial charge on any atom is 0.269 e. The molecule has 2 fully saturated rings. The van der Waals surface area contributed by atoms with Crippen LogP contribution < -0.4 is 10.5 Å². The molecule has 0 N–H and O–H groups in total. The summed E-state index contributed by atoms with van der Waals surface area (Å²) < 4.78 is 3.76. The summed E-state index contributed by atoms with van der Waals surface area (Å²) in [4.78, 5) is 28.4. The van der Waals surface area contributed by atoms with Gasteiger partial charge in [0.1, 0.15) is 0 Å². The number of anilines is 1. The van der Waals surface area contributed by atoms with Crippen molar-refractivity contribution in [1.29, 1.82) is 0 Å². The molecule has 9 nitrogen and oxygen atoms in total. The summed E-state index contributed by atoms with van der Waals surface area (Å²) in [6.07, 6.45) is 11.3. The van der Waals surface area contributed by atoms with Gasteiger partial charge in [-0.3, -0.25) is 19.1 Å². The average Bonchev–Trinajstić information content (AvgIpc) is 3.17. The van der Waals surface area contributed by atoms with E-state index in [0.717, 1.165) is 75.7 Å². The van der Waals surface area contributed by atoms with Crippen LogP contribution in [0.15, 0.2) is 41.8 Å². The zero-order chi connectivity index (χ0) is 20.5. The Bertz CT molecular complexity index is 1070. The predicted octanol–water partition coefficient (Wildman–Crippen LogP) is 0.875. The quantitative estimate of drug-likeness (QED) is 0.634. The molecule has 2 aliphatic rings. The van der Waals surface area contributed by atoms with Crippen LogP contribution in [0.1, 0.15) is 24.6 Å². The lowest BCUT2D eigenvalue weighted by molar-refractivity contribution is 0.158. The van der Waals surface area contributed by atoms with Crippen LogP contribution in [0, 0.1) is 0 Å². The van der Waals surface area contributed by atoms with Gasteiger partial charge >= 0.3 is 0 Å². The number of piperazine rings is 1. The normalized spacial score (nSPS) is 21.4. The van der Waals surface area contributed by atoms with Crippen LogP contribution in [0.3, 0.4) is 0 Å². The Balaban J connectivity index is 1.29. The molecule has 2 aliphatic heterocycles. The molecule has 5 heterocycles. The first-order chi connectivity index (χ1) is 14.7. The Morgan fingerprint density at radius 3 is 2.80 bits per heavy atom. The van der Waals surface area contributed by atoms with E-state index in [2.05, 4.69) is 41.2 Å². The van der Waals surface area contributed by atoms with Gasteiger partial charge in [-0.1, -0.05) is 0 Å². The zero-order valence-corrected chi connectivity index (χ0v) is 17.4. The number of rotatable bonds is 4. The number of likely N-dealkylation sites (N-methyl/N-ethyl adjacent to an activating group) is 1. The minimum Gasteiger partial charge on any atom is -0.368 e. The SMILES string of the molecule is CN1CCN(c2cnn(C3CCCN(Cc4cnc5cnccn45)C3)c(=O)c2)CC1. The van der Waals surface area contributed by atoms with Gasteiger partial charge in [0.25, 0.3) is 5.56 Å². The highest BCUT2D eigenvalue weighted by atomic mass is 16.1. The van der Waals surface area contributed by atoms with Crippen molar-refractivity contribution in [3.05, 3.63) is 53.1 Å². The lowest BCUT2D eigenvalue weighted by Gasteiger charge is -2.34. The van der Waals surface area contributed by atoms with E-state index >= 15 is 0 Å². The first-order valence-corrected chi connectivity index (χ1v) is 10.7. The highest BCUT2D eigenvalue weighted by Gasteiger charge is 2.24. The van der Waals surface area contributed by atoms with Crippen molar-refractivity contribution in [2.45, 2.75) is 25.4 Å². The Morgan fingerprint density at radius 1 is 1.10 bits per heavy atom. The fraction of sp³-hybridized carbons (Fsp3) is 0.524. The molecule has 0 aliphatic carbocycles. The fourth-order valence-corrected chi connectivity index (χ4v) is 4.54. The van der Waals surface area contributed by atoms with Crippen LogP contribution in [-0.4, -0.2) is 80.3 Å². The summed E-state index contributed by atoms with van der Waals surface area (Å²) in [6, 6.07) is 1.86. The van der Waals surface area contributed by atoms with Crippen LogP contribution in [0.4, 0.5) is 5.69 Å². The predicted molar refractivity (Wildman–Crippen MR) is 115 cm³/mol. The van der Waals surface area contributed by atoms with Crippen molar-refractivity contribution < 1.29 is 0 Å². The molecular formula is C21H28N8O. The third-order valence-electron chi connectivity index (χ3n) is 6.29. The van der Waals surface area contributed by atoms with Crippen molar-refractivity contribution in [1.82, 2.24) is 33.9 Å². The molecular weight excluding hydrogens is 380 g/mol. The van der Waals surface area contributed by atoms with E-state index in [4.69, 9.17) is 0 Å². The van der Waals surface area contributed by atoms with Crippen molar-refractivity contribution in [2.75, 3.05) is 51.2 Å². The number of aromatic nitrogens is 5. The molecule has 3 aromatic heterocycles. The number of piperidine rings is 1. The van der Waals surface area contributed by atoms with Gasteiger partial charge in [0.15, 0.2) is 5.65 Å². The minimum absolute atomic E-state index is 0.000782. The first kappa shape index (κ1) is 19.2. The Hall–Kier alpha value is -2.78. The van der Waals surface area contributed by atoms with Gasteiger partial charge in [0, 0.05) is 57.7 Å². The molecule has 0 saturated carbocycles. The largest absolute Gasteiger partial charge is 0.368 e. The van der Waals surface area contributed by atoms with Gasteiger partial charge in [0.05, 0.1) is 36.0 Å². The van der Waals surface area contributed by atoms with E-state index in [-0.39, 0.29) is 11.6 Å². The Labute approximate surface area is 175 Å². The molecule has 0 aromatic carbocycles. The fourth-order valence-electron chi connectivity index (χ4n) is 4.54. The second-order valence-corrected chi connectivity index (χ2v) is 8.37. The molecule has 0 bridgehead atoms. The van der Waals surface area contributed by atoms with Crippen LogP contribution in [0.5, 0.6) is 0 Å². The molecule has 9 heteroatoms. The summed E-state index contributed by atoms with van der Waals surface area (Å²) in [7, 11) is 2.13. The monoisotopic (exact) mass is 408 g/mol. The van der Waals surface area contributed by atoms with E-state index < -0.39 is 0 Å². The van der Waals surface area contributed by atoms with Crippen LogP contribution in [0.2, 0.25) is 0 Å². The summed E-state index contributed by atoms with van der Waals surface area (Å²) in [6.45, 7) is 6.54. The maximum absolute atomic E-state index is 12.9. The third kappa shape index (κ3) is 3.82. The standard InChI is InChI=1S/C21H28N8O/c1-25-7-9-27(10-8-25)18-11-21(30)29(24-13-18)17-3-2-5-26(15-17)16-19-12-23-20-14-22-4-6-28(19)20/h4,6,11-14,17H,2-3,5,7-10,15-16H2,1H3. The molecule has 0 radical (unpaired) electrons. The molecule has 1 unspecified atom stereocenters. The van der Waals surface area contributed by atoms with E-state index in [9.17, 15) is 4.79 Å². The number of likely N-dealkylation sites (tertiary alicyclic amines) is 1. The number of nitrogens with zero attached hydrogens (tertiary/aromatic N) is 8. The van der Waals surface area contributed by atoms with Crippen LogP contribution in [-0.2, 0) is 6.54 Å². The Morgan fingerprint density at radius 2 is 1.97 bits per heavy atom. The van der Waals surface area contributed by atoms with Gasteiger partial charge in [-0.15, -0.1) is 0 Å². The number of fused-ring (bicyclic) bond motifs is 1. The summed E-state index contributed by atoms with van der Waals surface area (Å²) in [5, 5.41) is 4.57. The molecule has 0 spiro atoms. The molecule has 158 valence electrons. The lowest BCUT2D eigenvalue weighted by Crippen LogP contribution is -2.45. The van der Waals surface area contributed by atoms with Crippen molar-refractivity contribution in [3.63, 3.8) is 0 Å². The summed E-state index contributed by atoms with van der Waals surface area (Å²) in [5.41, 5.74) is 2.94. The van der Waals surface area contributed by atoms with Gasteiger partial charge in [0.2, 0.25) is 0 Å². The van der Waals surface area contributed by atoms with Crippen molar-refractivity contribution in [3.8, 4) is 0 Å². The van der Waals surface area contributed by atoms with E-state index in [1.165, 1.54) is 0 Å². The van der Waals surface area contributed by atoms with Crippen LogP contribution in [0.25, 0.3) is 5.65 Å². The smallest absolute Gasteiger partial charge is 0.269 e. The molecule has 3 aromatic rings. The number of hydrogen-bond acceptors (Lipinski definition) is 7. The van der Waals surface area contributed by atoms with Crippen LogP contribution >= 0.6 is 0 Å². The van der Waals surface area contributed by atoms with Crippen molar-refractivity contribution in [2.24, 2.45) is 0 Å². The summed E-state index contributed by atoms with van der Waals surface area (Å²) in [5.74, 6) is 0. The van der Waals surface area contributed by atoms with Gasteiger partial charge < -0.3 is 9.80 Å². The van der Waals surface area contributed by atoms with Gasteiger partial charge in [-0.25, -0.2) is 9.67 Å². The molecule has 5 rings (SSSR count). The highest BCUT2D eigenvalue weighted by Crippen LogP contribution is 2.22. The van der Waals surface area contributed by atoms with E-state index in [1.807, 2.05) is 18.6 Å². The average molecular weight is 409 g/mol. The first-order valence-electron chi connectivity index (χ1n) is 10.7. The van der Waals surface area contributed by atoms with Crippen molar-refractivity contribution >= 4 is 11.3 Å². The minimum atomic E-state index is -0.000782. The zero-order valence-electron chi connectivity index (χ0n) is 17.4. The van der Waals surface area contributed by atoms with Gasteiger partial charge in [-0.2, -0.15) is 5.10 Å². The molecule has 30 heavy (non-hydrogen) atoms. The maximum atomic E-state index is 12.9. The highest BCUT2D eigenvalue weighted by molar-refractivity contribution is 5.43. The summed E-state index contributed by atoms with van der Waals surface area (Å²) >= 11 is 0. The molecule has 1 atom stereocenters.